The molecule has 5 aromatic carbocycles. The van der Waals surface area contributed by atoms with Crippen molar-refractivity contribution < 1.29 is 133 Å². The normalized spacial score (nSPS) is 29.1. The number of fused-ring (bicyclic) bond motifs is 15. The zero-order valence-corrected chi connectivity index (χ0v) is 65.0. The highest BCUT2D eigenvalue weighted by molar-refractivity contribution is 8.13. The fourth-order valence-electron chi connectivity index (χ4n) is 14.7. The number of carboxylic acid groups (broad SMARTS) is 1. The highest BCUT2D eigenvalue weighted by atomic mass is 35.5. The second-order valence-electron chi connectivity index (χ2n) is 29.2. The molecule has 624 valence electrons. The summed E-state index contributed by atoms with van der Waals surface area (Å²) in [5.41, 5.74) is 1.74. The van der Waals surface area contributed by atoms with Gasteiger partial charge >= 0.3 is 5.97 Å². The van der Waals surface area contributed by atoms with Crippen molar-refractivity contribution in [2.24, 2.45) is 11.7 Å². The molecule has 0 aromatic heterocycles. The van der Waals surface area contributed by atoms with Gasteiger partial charge in [-0.05, 0) is 120 Å². The van der Waals surface area contributed by atoms with Gasteiger partial charge in [0.05, 0.1) is 53.4 Å². The van der Waals surface area contributed by atoms with Gasteiger partial charge in [0.2, 0.25) is 41.4 Å². The van der Waals surface area contributed by atoms with Gasteiger partial charge in [0, 0.05) is 43.8 Å². The Morgan fingerprint density at radius 2 is 1.35 bits per heavy atom. The van der Waals surface area contributed by atoms with E-state index < -0.39 is 261 Å². The summed E-state index contributed by atoms with van der Waals surface area (Å²) in [6, 6.07) is 2.69. The molecule has 7 amide bonds. The molecule has 11 bridgehead atoms. The van der Waals surface area contributed by atoms with Crippen molar-refractivity contribution in [1.82, 2.24) is 42.5 Å². The molecule has 2 saturated heterocycles. The summed E-state index contributed by atoms with van der Waals surface area (Å²) in [6.07, 6.45) is -21.9. The zero-order valence-electron chi connectivity index (χ0n) is 62.7. The van der Waals surface area contributed by atoms with Crippen LogP contribution in [0.2, 0.25) is 10.0 Å². The molecule has 7 heterocycles. The van der Waals surface area contributed by atoms with Gasteiger partial charge in [-0.2, -0.15) is 0 Å². The van der Waals surface area contributed by atoms with Crippen molar-refractivity contribution in [3.05, 3.63) is 157 Å². The van der Waals surface area contributed by atoms with Crippen LogP contribution in [0.15, 0.2) is 108 Å². The quantitative estimate of drug-likeness (QED) is 0.0477. The molecular formula is C77H89Cl2N9O27S. The smallest absolute Gasteiger partial charge is 0.330 e. The first-order valence-electron chi connectivity index (χ1n) is 36.7. The first-order valence-corrected chi connectivity index (χ1v) is 38.4. The van der Waals surface area contributed by atoms with Crippen molar-refractivity contribution in [3.8, 4) is 40.2 Å². The number of allylic oxidation sites excluding steroid dienone is 3. The third-order valence-electron chi connectivity index (χ3n) is 20.8. The minimum atomic E-state index is -2.40. The van der Waals surface area contributed by atoms with E-state index in [4.69, 9.17) is 57.4 Å². The molecule has 13 rings (SSSR count). The number of aliphatic hydroxyl groups excluding tert-OH is 9. The Balaban J connectivity index is 1.14. The number of carbonyl (C=O) groups is 9. The van der Waals surface area contributed by atoms with Gasteiger partial charge in [-0.1, -0.05) is 79.2 Å². The van der Waals surface area contributed by atoms with Gasteiger partial charge in [-0.3, -0.25) is 43.7 Å². The standard InChI is InChI=1S/C77H89Cl2N9O27S/c1-30(2)17-43(69(102)81-5)83-59-61(96)34-10-13-47(41(78)20-34)111-49-22-36-23-50(55(49)65-66(64(99)63(98)51(28-89)113-65)115-76-68(101)77(4,67(100)52(29-90)114-76)82-27-32-7-6-8-38(18-32)110-15-16-116-31(3)91)112-48-14-11-35(21-42(48)79)62(97)60-74(107)87-58(75(108)109)40-24-37(92)25-46(94)54(40)39-19-33(9-12-45(39)93)56(71(104)88-60)86-72(105)57(36)85-70(103)44(26-53(80)95)84-73(59)106/h6-14,18,20-25,30,39,43-44,51-52,56-68,76,82-83,89-90,92-94,96-101H,15-17,19,26-29H2,1-5H3,(H2,80,95)(H,81,102)(H,84,106)(H,85,103)(H,86,105)(H,87,107)(H,88,104)(H,108,109)/t39?,43-,44+,51-,52+,56-,57-,58-,59-,60+,61-,62-,63-,64+,65+,66-,67-,68-,76-,77+/m1/s1. The summed E-state index contributed by atoms with van der Waals surface area (Å²) in [5, 5.41) is 161. The van der Waals surface area contributed by atoms with Crippen molar-refractivity contribution in [2.75, 3.05) is 32.6 Å². The Labute approximate surface area is 676 Å². The highest BCUT2D eigenvalue weighted by Crippen LogP contribution is 2.51. The number of aromatic hydroxyl groups is 2. The summed E-state index contributed by atoms with van der Waals surface area (Å²) in [5.74, 6) is -16.1. The Hall–Kier alpha value is -9.78. The number of nitrogens with one attached hydrogen (secondary N) is 8. The number of aliphatic hydroxyl groups is 9. The van der Waals surface area contributed by atoms with Crippen molar-refractivity contribution >= 4 is 87.4 Å². The molecule has 5 aromatic rings. The minimum Gasteiger partial charge on any atom is -0.512 e. The number of hydrogen-bond acceptors (Lipinski definition) is 29. The van der Waals surface area contributed by atoms with E-state index in [-0.39, 0.29) is 53.1 Å². The Kier molecular flexibility index (Phi) is 27.6. The number of benzene rings is 5. The molecule has 8 aliphatic rings. The number of carboxylic acids is 1. The average molecular weight is 1680 g/mol. The number of likely N-dealkylation sites (N-methyl/N-ethyl adjacent to an activating group) is 1. The molecular weight excluding hydrogens is 1590 g/mol. The Morgan fingerprint density at radius 3 is 1.97 bits per heavy atom. The molecule has 0 saturated carbocycles. The lowest BCUT2D eigenvalue weighted by Gasteiger charge is -2.51. The van der Waals surface area contributed by atoms with E-state index in [0.29, 0.717) is 17.1 Å². The van der Waals surface area contributed by atoms with Crippen LogP contribution in [-0.4, -0.2) is 231 Å². The van der Waals surface area contributed by atoms with E-state index >= 15 is 24.0 Å². The molecule has 7 aliphatic heterocycles. The summed E-state index contributed by atoms with van der Waals surface area (Å²) >= 11 is 15.5. The van der Waals surface area contributed by atoms with Crippen LogP contribution in [0.1, 0.15) is 122 Å². The molecule has 39 heteroatoms. The third kappa shape index (κ3) is 18.9. The summed E-state index contributed by atoms with van der Waals surface area (Å²) in [6.45, 7) is 4.30. The van der Waals surface area contributed by atoms with E-state index in [1.165, 1.54) is 33.0 Å². The lowest BCUT2D eigenvalue weighted by molar-refractivity contribution is -0.341. The fourth-order valence-corrected chi connectivity index (χ4v) is 15.6. The second-order valence-corrected chi connectivity index (χ2v) is 31.3. The monoisotopic (exact) mass is 1670 g/mol. The van der Waals surface area contributed by atoms with Gasteiger partial charge in [-0.25, -0.2) is 4.79 Å². The first-order chi connectivity index (χ1) is 55.0. The number of phenols is 2. The molecule has 22 N–H and O–H groups in total. The maximum Gasteiger partial charge on any atom is 0.330 e. The average Bonchev–Trinajstić information content (AvgIpc) is 0.748. The number of halogens is 2. The minimum absolute atomic E-state index is 0.0315. The van der Waals surface area contributed by atoms with Crippen LogP contribution in [0.3, 0.4) is 0 Å². The van der Waals surface area contributed by atoms with E-state index in [9.17, 15) is 80.5 Å². The summed E-state index contributed by atoms with van der Waals surface area (Å²) in [4.78, 5) is 130. The number of ether oxygens (including phenoxy) is 6. The number of carbonyl (C=O) groups excluding carboxylic acids is 8. The topological polar surface area (TPSA) is 574 Å². The molecule has 20 atom stereocenters. The largest absolute Gasteiger partial charge is 0.512 e. The maximum absolute atomic E-state index is 16.3. The molecule has 1 unspecified atom stereocenters. The molecule has 1 aliphatic carbocycles. The molecule has 2 fully saturated rings. The van der Waals surface area contributed by atoms with E-state index in [2.05, 4.69) is 42.5 Å². The van der Waals surface area contributed by atoms with Gasteiger partial charge < -0.3 is 133 Å². The number of aliphatic carboxylic acids is 1. The molecule has 0 spiro atoms. The van der Waals surface area contributed by atoms with E-state index in [1.807, 2.05) is 0 Å². The van der Waals surface area contributed by atoms with Gasteiger partial charge in [0.1, 0.15) is 137 Å². The molecule has 36 nitrogen and oxygen atoms in total. The Bertz CT molecular complexity index is 4680. The summed E-state index contributed by atoms with van der Waals surface area (Å²) < 4.78 is 38.8. The first kappa shape index (κ1) is 87.1. The van der Waals surface area contributed by atoms with Crippen LogP contribution in [0.4, 0.5) is 0 Å². The fraction of sp³-hybridized carbons (Fsp3) is 0.442. The lowest BCUT2D eigenvalue weighted by Crippen LogP contribution is -2.72. The predicted octanol–water partition coefficient (Wildman–Crippen LogP) is 0.686. The number of hydrogen-bond donors (Lipinski definition) is 21. The van der Waals surface area contributed by atoms with Gasteiger partial charge in [0.15, 0.2) is 17.4 Å². The second kappa shape index (κ2) is 36.8. The number of primary amides is 1. The van der Waals surface area contributed by atoms with Crippen molar-refractivity contribution in [1.29, 1.82) is 0 Å². The highest BCUT2D eigenvalue weighted by Gasteiger charge is 2.57. The van der Waals surface area contributed by atoms with Crippen LogP contribution in [-0.2, 0) is 63.9 Å². The summed E-state index contributed by atoms with van der Waals surface area (Å²) in [7, 11) is 1.31. The van der Waals surface area contributed by atoms with Crippen LogP contribution >= 0.6 is 35.0 Å². The predicted molar refractivity (Wildman–Crippen MR) is 408 cm³/mol. The maximum atomic E-state index is 16.3. The van der Waals surface area contributed by atoms with Gasteiger partial charge in [0.25, 0.3) is 0 Å². The number of rotatable bonds is 20. The van der Waals surface area contributed by atoms with E-state index in [1.54, 1.807) is 38.1 Å². The SMILES string of the molecule is CNC(=O)[C@@H](CC(C)C)N[C@H]1C(=O)N[C@@H](CC(N)=O)C(=O)N[C@H]2C(=O)N[C@H]3C(=O)N[C@H](C(=O)N[C@@H](C(=O)O)c4cc(O)cc(O)c4C4CC3=CC=C4O)[C@H](O)c3ccc(c(Cl)c3)Oc3cc2cc(c3[C@@H]2O[C@H](CO)[C@@H](O)[C@H](O)[C@H]2O[C@H]2O[C@@H](CO)[C@@H](O)[C@](C)(NCc3cccc(OCCSC(C)=O)c3)[C@@H]2O)Oc2ccc(cc2Cl)[C@H]1O. The zero-order chi connectivity index (χ0) is 84.2. The van der Waals surface area contributed by atoms with Crippen LogP contribution in [0.25, 0.3) is 0 Å². The van der Waals surface area contributed by atoms with Crippen LogP contribution < -0.4 is 62.5 Å². The number of phenolic OH excluding ortho intramolecular Hbond substituents is 2. The third-order valence-corrected chi connectivity index (χ3v) is 22.1. The van der Waals surface area contributed by atoms with Crippen molar-refractivity contribution in [2.45, 2.75) is 175 Å². The molecule has 116 heavy (non-hydrogen) atoms. The Morgan fingerprint density at radius 1 is 0.707 bits per heavy atom. The number of thioether (sulfide) groups is 1. The number of nitrogens with two attached hydrogens (primary N) is 1. The molecule has 0 radical (unpaired) electrons. The van der Waals surface area contributed by atoms with Gasteiger partial charge in [-0.15, -0.1) is 0 Å². The van der Waals surface area contributed by atoms with Crippen LogP contribution in [0.5, 0.6) is 40.2 Å². The number of amides is 7. The van der Waals surface area contributed by atoms with Crippen molar-refractivity contribution in [3.63, 3.8) is 0 Å². The van der Waals surface area contributed by atoms with Crippen LogP contribution in [0, 0.1) is 5.92 Å². The van der Waals surface area contributed by atoms with E-state index in [0.717, 1.165) is 72.4 Å². The lowest BCUT2D eigenvalue weighted by atomic mass is 9.79.